The molecule has 3 heteroatoms. The van der Waals surface area contributed by atoms with Crippen LogP contribution in [0.1, 0.15) is 23.0 Å². The van der Waals surface area contributed by atoms with E-state index in [1.807, 2.05) is 38.1 Å². The number of aldehydes is 1. The van der Waals surface area contributed by atoms with Gasteiger partial charge in [0.2, 0.25) is 0 Å². The highest BCUT2D eigenvalue weighted by Crippen LogP contribution is 2.25. The monoisotopic (exact) mass is 241 g/mol. The molecule has 0 bridgehead atoms. The van der Waals surface area contributed by atoms with Crippen LogP contribution >= 0.6 is 0 Å². The van der Waals surface area contributed by atoms with Crippen molar-refractivity contribution in [2.45, 2.75) is 13.8 Å². The second-order valence-electron chi connectivity index (χ2n) is 4.03. The number of rotatable bonds is 4. The fourth-order valence-corrected chi connectivity index (χ4v) is 1.83. The van der Waals surface area contributed by atoms with Crippen molar-refractivity contribution in [1.29, 1.82) is 0 Å². The molecule has 0 amide bonds. The highest BCUT2D eigenvalue weighted by Gasteiger charge is 2.04. The van der Waals surface area contributed by atoms with Crippen LogP contribution in [-0.4, -0.2) is 17.9 Å². The molecule has 0 spiro atoms. The van der Waals surface area contributed by atoms with E-state index in [2.05, 4.69) is 4.98 Å². The van der Waals surface area contributed by atoms with Crippen LogP contribution in [0.15, 0.2) is 36.5 Å². The highest BCUT2D eigenvalue weighted by molar-refractivity contribution is 5.80. The summed E-state index contributed by atoms with van der Waals surface area (Å²) >= 11 is 0. The Kier molecular flexibility index (Phi) is 3.72. The lowest BCUT2D eigenvalue weighted by Crippen LogP contribution is -1.94. The summed E-state index contributed by atoms with van der Waals surface area (Å²) in [6.45, 7) is 4.44. The molecule has 0 saturated carbocycles. The van der Waals surface area contributed by atoms with Gasteiger partial charge in [-0.1, -0.05) is 0 Å². The standard InChI is InChI=1S/C15H15NO2/c1-3-18-15-8-12(10-17)7-14(9-15)13-4-5-16-11(2)6-13/h4-10H,3H2,1-2H3. The van der Waals surface area contributed by atoms with Gasteiger partial charge in [-0.15, -0.1) is 0 Å². The first-order valence-electron chi connectivity index (χ1n) is 5.89. The number of aryl methyl sites for hydroxylation is 1. The summed E-state index contributed by atoms with van der Waals surface area (Å²) in [5.74, 6) is 0.714. The third-order valence-corrected chi connectivity index (χ3v) is 2.61. The molecule has 0 radical (unpaired) electrons. The number of carbonyl (C=O) groups excluding carboxylic acids is 1. The Bertz CT molecular complexity index is 564. The van der Waals surface area contributed by atoms with Crippen LogP contribution in [0.3, 0.4) is 0 Å². The molecule has 0 N–H and O–H groups in total. The minimum atomic E-state index is 0.580. The van der Waals surface area contributed by atoms with E-state index in [0.29, 0.717) is 17.9 Å². The zero-order chi connectivity index (χ0) is 13.0. The molecule has 0 aliphatic heterocycles. The van der Waals surface area contributed by atoms with Crippen LogP contribution in [0, 0.1) is 6.92 Å². The lowest BCUT2D eigenvalue weighted by molar-refractivity contribution is 0.112. The Morgan fingerprint density at radius 3 is 2.72 bits per heavy atom. The third-order valence-electron chi connectivity index (χ3n) is 2.61. The molecule has 0 atom stereocenters. The first kappa shape index (κ1) is 12.3. The van der Waals surface area contributed by atoms with Crippen LogP contribution in [0.5, 0.6) is 5.75 Å². The van der Waals surface area contributed by atoms with Crippen molar-refractivity contribution in [2.75, 3.05) is 6.61 Å². The number of hydrogen-bond acceptors (Lipinski definition) is 3. The van der Waals surface area contributed by atoms with E-state index in [4.69, 9.17) is 4.74 Å². The first-order chi connectivity index (χ1) is 8.72. The van der Waals surface area contributed by atoms with Crippen molar-refractivity contribution >= 4 is 6.29 Å². The Balaban J connectivity index is 2.49. The largest absolute Gasteiger partial charge is 0.494 e. The van der Waals surface area contributed by atoms with Gasteiger partial charge in [0, 0.05) is 17.5 Å². The summed E-state index contributed by atoms with van der Waals surface area (Å²) in [5, 5.41) is 0. The molecule has 1 heterocycles. The van der Waals surface area contributed by atoms with Gasteiger partial charge in [-0.25, -0.2) is 0 Å². The molecule has 0 saturated heterocycles. The predicted molar refractivity (Wildman–Crippen MR) is 71.0 cm³/mol. The van der Waals surface area contributed by atoms with Gasteiger partial charge >= 0.3 is 0 Å². The van der Waals surface area contributed by atoms with Crippen molar-refractivity contribution in [3.8, 4) is 16.9 Å². The van der Waals surface area contributed by atoms with Crippen LogP contribution < -0.4 is 4.74 Å². The molecule has 1 aromatic heterocycles. The second kappa shape index (κ2) is 5.45. The van der Waals surface area contributed by atoms with E-state index in [-0.39, 0.29) is 0 Å². The fourth-order valence-electron chi connectivity index (χ4n) is 1.83. The summed E-state index contributed by atoms with van der Waals surface area (Å²) < 4.78 is 5.47. The van der Waals surface area contributed by atoms with Crippen molar-refractivity contribution in [3.63, 3.8) is 0 Å². The number of carbonyl (C=O) groups is 1. The lowest BCUT2D eigenvalue weighted by Gasteiger charge is -2.08. The van der Waals surface area contributed by atoms with Crippen molar-refractivity contribution in [1.82, 2.24) is 4.98 Å². The van der Waals surface area contributed by atoms with Gasteiger partial charge in [0.05, 0.1) is 6.61 Å². The van der Waals surface area contributed by atoms with Gasteiger partial charge in [-0.3, -0.25) is 9.78 Å². The number of benzene rings is 1. The van der Waals surface area contributed by atoms with Gasteiger partial charge in [-0.05, 0) is 55.3 Å². The smallest absolute Gasteiger partial charge is 0.150 e. The van der Waals surface area contributed by atoms with E-state index in [1.165, 1.54) is 0 Å². The quantitative estimate of drug-likeness (QED) is 0.771. The average molecular weight is 241 g/mol. The Labute approximate surface area is 106 Å². The molecule has 2 rings (SSSR count). The number of aromatic nitrogens is 1. The molecule has 3 nitrogen and oxygen atoms in total. The van der Waals surface area contributed by atoms with Crippen molar-refractivity contribution in [2.24, 2.45) is 0 Å². The van der Waals surface area contributed by atoms with Gasteiger partial charge < -0.3 is 4.74 Å². The lowest BCUT2D eigenvalue weighted by atomic mass is 10.0. The van der Waals surface area contributed by atoms with E-state index in [0.717, 1.165) is 23.1 Å². The third kappa shape index (κ3) is 2.74. The van der Waals surface area contributed by atoms with Crippen LogP contribution in [-0.2, 0) is 0 Å². The summed E-state index contributed by atoms with van der Waals surface area (Å²) in [7, 11) is 0. The fraction of sp³-hybridized carbons (Fsp3) is 0.200. The molecule has 1 aromatic carbocycles. The number of pyridine rings is 1. The van der Waals surface area contributed by atoms with Gasteiger partial charge in [0.25, 0.3) is 0 Å². The number of ether oxygens (including phenoxy) is 1. The van der Waals surface area contributed by atoms with Crippen molar-refractivity contribution < 1.29 is 9.53 Å². The molecule has 2 aromatic rings. The maximum atomic E-state index is 10.9. The van der Waals surface area contributed by atoms with Gasteiger partial charge in [0.15, 0.2) is 0 Å². The zero-order valence-electron chi connectivity index (χ0n) is 10.5. The average Bonchev–Trinajstić information content (AvgIpc) is 2.39. The van der Waals surface area contributed by atoms with Crippen LogP contribution in [0.4, 0.5) is 0 Å². The minimum Gasteiger partial charge on any atom is -0.494 e. The molecular formula is C15H15NO2. The maximum Gasteiger partial charge on any atom is 0.150 e. The predicted octanol–water partition coefficient (Wildman–Crippen LogP) is 3.27. The maximum absolute atomic E-state index is 10.9. The Morgan fingerprint density at radius 2 is 2.06 bits per heavy atom. The van der Waals surface area contributed by atoms with Gasteiger partial charge in [-0.2, -0.15) is 0 Å². The minimum absolute atomic E-state index is 0.580. The SMILES string of the molecule is CCOc1cc(C=O)cc(-c2ccnc(C)c2)c1. The number of nitrogens with zero attached hydrogens (tertiary/aromatic N) is 1. The summed E-state index contributed by atoms with van der Waals surface area (Å²) in [6.07, 6.45) is 2.60. The highest BCUT2D eigenvalue weighted by atomic mass is 16.5. The van der Waals surface area contributed by atoms with E-state index < -0.39 is 0 Å². The van der Waals surface area contributed by atoms with E-state index in [9.17, 15) is 4.79 Å². The molecule has 92 valence electrons. The number of hydrogen-bond donors (Lipinski definition) is 0. The van der Waals surface area contributed by atoms with Crippen LogP contribution in [0.25, 0.3) is 11.1 Å². The van der Waals surface area contributed by atoms with Gasteiger partial charge in [0.1, 0.15) is 12.0 Å². The topological polar surface area (TPSA) is 39.2 Å². The van der Waals surface area contributed by atoms with Crippen LogP contribution in [0.2, 0.25) is 0 Å². The molecule has 0 unspecified atom stereocenters. The van der Waals surface area contributed by atoms with E-state index >= 15 is 0 Å². The Hall–Kier alpha value is -2.16. The first-order valence-corrected chi connectivity index (χ1v) is 5.89. The summed E-state index contributed by atoms with van der Waals surface area (Å²) in [4.78, 5) is 15.1. The summed E-state index contributed by atoms with van der Waals surface area (Å²) in [6, 6.07) is 9.44. The molecule has 0 fully saturated rings. The second-order valence-corrected chi connectivity index (χ2v) is 4.03. The molecule has 0 aliphatic carbocycles. The molecular weight excluding hydrogens is 226 g/mol. The van der Waals surface area contributed by atoms with E-state index in [1.54, 1.807) is 12.3 Å². The summed E-state index contributed by atoms with van der Waals surface area (Å²) in [5.41, 5.74) is 3.56. The molecule has 18 heavy (non-hydrogen) atoms. The Morgan fingerprint density at radius 1 is 1.22 bits per heavy atom. The normalized spacial score (nSPS) is 10.1. The zero-order valence-corrected chi connectivity index (χ0v) is 10.5. The molecule has 0 aliphatic rings. The van der Waals surface area contributed by atoms with Crippen molar-refractivity contribution in [3.05, 3.63) is 47.8 Å².